The van der Waals surface area contributed by atoms with Crippen LogP contribution in [0.25, 0.3) is 0 Å². The Hall–Kier alpha value is 3.21. The van der Waals surface area contributed by atoms with Crippen LogP contribution >= 0.6 is 0 Å². The zero-order chi connectivity index (χ0) is 10.8. The molecule has 0 heterocycles. The predicted octanol–water partition coefficient (Wildman–Crippen LogP) is -9.38. The van der Waals surface area contributed by atoms with Crippen molar-refractivity contribution in [3.63, 3.8) is 0 Å². The van der Waals surface area contributed by atoms with Gasteiger partial charge in [0.2, 0.25) is 0 Å². The van der Waals surface area contributed by atoms with Crippen molar-refractivity contribution in [2.45, 2.75) is 51.4 Å². The fraction of sp³-hybridized carbons (Fsp3) is 0.800. The Morgan fingerprint density at radius 1 is 0.647 bits per heavy atom. The molecule has 0 N–H and O–H groups in total. The van der Waals surface area contributed by atoms with Gasteiger partial charge >= 0.3 is 132 Å². The molecule has 0 spiro atoms. The molecular formula is C10H16K2NaO4+. The molecule has 4 nitrogen and oxygen atoms in total. The minimum atomic E-state index is -0.998. The molecule has 0 radical (unpaired) electrons. The Kier molecular flexibility index (Phi) is 35.9. The Balaban J connectivity index is -0.000000282. The van der Waals surface area contributed by atoms with Crippen LogP contribution in [0.1, 0.15) is 51.4 Å². The maximum atomic E-state index is 10.0. The van der Waals surface area contributed by atoms with Gasteiger partial charge in [0.25, 0.3) is 0 Å². The number of carboxylic acid groups (broad SMARTS) is 2. The van der Waals surface area contributed by atoms with Gasteiger partial charge in [0.15, 0.2) is 0 Å². The largest absolute Gasteiger partial charge is 1.00 e. The van der Waals surface area contributed by atoms with E-state index in [4.69, 9.17) is 0 Å². The maximum Gasteiger partial charge on any atom is 1.00 e. The number of hydrogen-bond acceptors (Lipinski definition) is 4. The van der Waals surface area contributed by atoms with Gasteiger partial charge < -0.3 is 19.8 Å². The van der Waals surface area contributed by atoms with Gasteiger partial charge in [0, 0.05) is 11.9 Å². The SMILES string of the molecule is O=C([O-])CCCCCCCCC(=O)[O-].[K+].[K+].[Na+]. The number of carbonyl (C=O) groups excluding carboxylic acids is 2. The van der Waals surface area contributed by atoms with Gasteiger partial charge in [0.1, 0.15) is 0 Å². The Labute approximate surface area is 210 Å². The summed E-state index contributed by atoms with van der Waals surface area (Å²) in [6.07, 6.45) is 5.23. The van der Waals surface area contributed by atoms with E-state index in [0.29, 0.717) is 12.8 Å². The minimum Gasteiger partial charge on any atom is -0.550 e. The molecule has 0 unspecified atom stereocenters. The van der Waals surface area contributed by atoms with Gasteiger partial charge in [-0.1, -0.05) is 25.7 Å². The number of aliphatic carboxylic acids is 2. The summed E-state index contributed by atoms with van der Waals surface area (Å²) in [5, 5.41) is 20.1. The van der Waals surface area contributed by atoms with Crippen LogP contribution in [0.2, 0.25) is 0 Å². The monoisotopic (exact) mass is 301 g/mol. The maximum absolute atomic E-state index is 10.0. The third kappa shape index (κ3) is 28.2. The summed E-state index contributed by atoms with van der Waals surface area (Å²) in [6.45, 7) is 0. The zero-order valence-corrected chi connectivity index (χ0v) is 19.5. The van der Waals surface area contributed by atoms with Crippen LogP contribution in [0.3, 0.4) is 0 Å². The molecule has 0 fully saturated rings. The van der Waals surface area contributed by atoms with Gasteiger partial charge in [-0.25, -0.2) is 0 Å². The molecule has 0 aromatic carbocycles. The number of unbranched alkanes of at least 4 members (excludes halogenated alkanes) is 5. The van der Waals surface area contributed by atoms with E-state index in [1.165, 1.54) is 0 Å². The van der Waals surface area contributed by atoms with Crippen molar-refractivity contribution in [2.24, 2.45) is 0 Å². The Morgan fingerprint density at radius 3 is 1.12 bits per heavy atom. The van der Waals surface area contributed by atoms with Crippen molar-refractivity contribution in [3.8, 4) is 0 Å². The van der Waals surface area contributed by atoms with Crippen molar-refractivity contribution >= 4 is 11.9 Å². The van der Waals surface area contributed by atoms with Gasteiger partial charge in [-0.2, -0.15) is 0 Å². The molecule has 0 amide bonds. The molecule has 17 heavy (non-hydrogen) atoms. The van der Waals surface area contributed by atoms with Crippen LogP contribution in [0.5, 0.6) is 0 Å². The summed E-state index contributed by atoms with van der Waals surface area (Å²) < 4.78 is 0. The fourth-order valence-electron chi connectivity index (χ4n) is 1.25. The first kappa shape index (κ1) is 28.4. The van der Waals surface area contributed by atoms with Crippen LogP contribution in [0, 0.1) is 0 Å². The van der Waals surface area contributed by atoms with E-state index in [9.17, 15) is 19.8 Å². The molecule has 0 atom stereocenters. The first-order chi connectivity index (χ1) is 6.63. The zero-order valence-electron chi connectivity index (χ0n) is 11.3. The van der Waals surface area contributed by atoms with E-state index in [1.807, 2.05) is 0 Å². The Bertz CT molecular complexity index is 171. The molecule has 82 valence electrons. The predicted molar refractivity (Wildman–Crippen MR) is 47.0 cm³/mol. The second-order valence-electron chi connectivity index (χ2n) is 3.37. The minimum absolute atomic E-state index is 0. The molecule has 0 aromatic heterocycles. The summed E-state index contributed by atoms with van der Waals surface area (Å²) >= 11 is 0. The number of rotatable bonds is 9. The number of hydrogen-bond donors (Lipinski definition) is 0. The van der Waals surface area contributed by atoms with Gasteiger partial charge in [-0.3, -0.25) is 0 Å². The number of carbonyl (C=O) groups is 2. The second kappa shape index (κ2) is 21.5. The standard InChI is InChI=1S/C10H18O4.2K.Na/c11-9(12)7-5-3-1-2-4-6-8-10(13)14;;;/h1-8H2,(H,11,12)(H,13,14);;;/q;3*+1/p-2. The fourth-order valence-corrected chi connectivity index (χ4v) is 1.25. The third-order valence-electron chi connectivity index (χ3n) is 2.01. The smallest absolute Gasteiger partial charge is 0.550 e. The van der Waals surface area contributed by atoms with Crippen molar-refractivity contribution in [1.82, 2.24) is 0 Å². The summed E-state index contributed by atoms with van der Waals surface area (Å²) in [4.78, 5) is 20.1. The van der Waals surface area contributed by atoms with E-state index in [1.54, 1.807) is 0 Å². The summed E-state index contributed by atoms with van der Waals surface area (Å²) in [7, 11) is 0. The molecule has 0 saturated heterocycles. The van der Waals surface area contributed by atoms with Crippen molar-refractivity contribution in [1.29, 1.82) is 0 Å². The number of carboxylic acids is 2. The normalized spacial score (nSPS) is 8.24. The average molecular weight is 301 g/mol. The average Bonchev–Trinajstić information content (AvgIpc) is 2.08. The van der Waals surface area contributed by atoms with Crippen LogP contribution in [0.15, 0.2) is 0 Å². The first-order valence-electron chi connectivity index (χ1n) is 5.02. The summed E-state index contributed by atoms with van der Waals surface area (Å²) in [5.74, 6) is -2.00. The van der Waals surface area contributed by atoms with E-state index in [-0.39, 0.29) is 145 Å². The van der Waals surface area contributed by atoms with Crippen LogP contribution < -0.4 is 143 Å². The molecule has 7 heteroatoms. The molecule has 0 rings (SSSR count). The molecular weight excluding hydrogens is 285 g/mol. The third-order valence-corrected chi connectivity index (χ3v) is 2.01. The van der Waals surface area contributed by atoms with E-state index in [2.05, 4.69) is 0 Å². The van der Waals surface area contributed by atoms with Crippen molar-refractivity contribution in [3.05, 3.63) is 0 Å². The van der Waals surface area contributed by atoms with Crippen LogP contribution in [0.4, 0.5) is 0 Å². The molecule has 0 aromatic rings. The van der Waals surface area contributed by atoms with Crippen molar-refractivity contribution in [2.75, 3.05) is 0 Å². The molecule has 0 aliphatic rings. The van der Waals surface area contributed by atoms with E-state index >= 15 is 0 Å². The van der Waals surface area contributed by atoms with Crippen molar-refractivity contribution < 1.29 is 152 Å². The Morgan fingerprint density at radius 2 is 0.882 bits per heavy atom. The van der Waals surface area contributed by atoms with Crippen LogP contribution in [-0.4, -0.2) is 11.9 Å². The molecule has 0 saturated carbocycles. The molecule has 0 aliphatic heterocycles. The molecule has 0 aliphatic carbocycles. The summed E-state index contributed by atoms with van der Waals surface area (Å²) in [5.41, 5.74) is 0. The topological polar surface area (TPSA) is 80.3 Å². The van der Waals surface area contributed by atoms with Gasteiger partial charge in [0.05, 0.1) is 0 Å². The van der Waals surface area contributed by atoms with Crippen LogP contribution in [-0.2, 0) is 9.59 Å². The first-order valence-corrected chi connectivity index (χ1v) is 5.02. The molecule has 0 bridgehead atoms. The van der Waals surface area contributed by atoms with Gasteiger partial charge in [-0.15, -0.1) is 0 Å². The van der Waals surface area contributed by atoms with E-state index in [0.717, 1.165) is 25.7 Å². The summed E-state index contributed by atoms with van der Waals surface area (Å²) in [6, 6.07) is 0. The second-order valence-corrected chi connectivity index (χ2v) is 3.37. The van der Waals surface area contributed by atoms with Gasteiger partial charge in [-0.05, 0) is 25.7 Å². The quantitative estimate of drug-likeness (QED) is 0.313. The van der Waals surface area contributed by atoms with E-state index < -0.39 is 11.9 Å².